The van der Waals surface area contributed by atoms with Gasteiger partial charge in [0.25, 0.3) is 0 Å². The Kier molecular flexibility index (Phi) is 3.15. The zero-order valence-corrected chi connectivity index (χ0v) is 11.0. The van der Waals surface area contributed by atoms with E-state index in [-0.39, 0.29) is 0 Å². The van der Waals surface area contributed by atoms with Gasteiger partial charge in [-0.2, -0.15) is 5.10 Å². The SMILES string of the molecule is CCCc1nc2n(n1)N=C(c1ccccc1)CS2. The van der Waals surface area contributed by atoms with Gasteiger partial charge in [-0.15, -0.1) is 9.89 Å². The molecule has 0 saturated heterocycles. The fourth-order valence-corrected chi connectivity index (χ4v) is 2.72. The molecule has 2 aromatic rings. The molecule has 1 aliphatic rings. The van der Waals surface area contributed by atoms with Gasteiger partial charge in [-0.05, 0) is 12.0 Å². The van der Waals surface area contributed by atoms with E-state index in [1.165, 1.54) is 0 Å². The zero-order chi connectivity index (χ0) is 12.4. The number of benzene rings is 1. The van der Waals surface area contributed by atoms with Crippen LogP contribution in [0.25, 0.3) is 0 Å². The molecule has 5 heteroatoms. The number of hydrogen-bond donors (Lipinski definition) is 0. The molecule has 0 fully saturated rings. The van der Waals surface area contributed by atoms with Crippen LogP contribution in [0.15, 0.2) is 40.6 Å². The summed E-state index contributed by atoms with van der Waals surface area (Å²) in [4.78, 5) is 6.14. The minimum Gasteiger partial charge on any atom is -0.204 e. The molecular weight excluding hydrogens is 244 g/mol. The molecule has 1 aliphatic heterocycles. The van der Waals surface area contributed by atoms with E-state index in [4.69, 9.17) is 0 Å². The maximum absolute atomic E-state index is 4.56. The van der Waals surface area contributed by atoms with Crippen molar-refractivity contribution in [1.29, 1.82) is 0 Å². The predicted octanol–water partition coefficient (Wildman–Crippen LogP) is 2.59. The van der Waals surface area contributed by atoms with Crippen LogP contribution in [-0.2, 0) is 6.42 Å². The highest BCUT2D eigenvalue weighted by Crippen LogP contribution is 2.22. The van der Waals surface area contributed by atoms with Crippen molar-refractivity contribution >= 4 is 17.5 Å². The van der Waals surface area contributed by atoms with Crippen molar-refractivity contribution in [2.45, 2.75) is 24.9 Å². The molecule has 1 aromatic carbocycles. The van der Waals surface area contributed by atoms with Crippen LogP contribution in [0.5, 0.6) is 0 Å². The Labute approximate surface area is 110 Å². The van der Waals surface area contributed by atoms with Gasteiger partial charge < -0.3 is 0 Å². The van der Waals surface area contributed by atoms with E-state index in [9.17, 15) is 0 Å². The first-order chi connectivity index (χ1) is 8.86. The third-order valence-electron chi connectivity index (χ3n) is 2.74. The smallest absolute Gasteiger partial charge is 0.204 e. The van der Waals surface area contributed by atoms with Crippen molar-refractivity contribution in [1.82, 2.24) is 14.9 Å². The minimum atomic E-state index is 0.855. The van der Waals surface area contributed by atoms with E-state index >= 15 is 0 Å². The van der Waals surface area contributed by atoms with Gasteiger partial charge in [-0.1, -0.05) is 49.0 Å². The van der Waals surface area contributed by atoms with Crippen LogP contribution < -0.4 is 0 Å². The molecule has 2 heterocycles. The minimum absolute atomic E-state index is 0.855. The van der Waals surface area contributed by atoms with Gasteiger partial charge in [0, 0.05) is 12.2 Å². The number of thioether (sulfide) groups is 1. The lowest BCUT2D eigenvalue weighted by atomic mass is 10.1. The molecule has 3 rings (SSSR count). The van der Waals surface area contributed by atoms with Gasteiger partial charge in [0.2, 0.25) is 5.16 Å². The largest absolute Gasteiger partial charge is 0.211 e. The second-order valence-electron chi connectivity index (χ2n) is 4.15. The molecule has 0 N–H and O–H groups in total. The van der Waals surface area contributed by atoms with Crippen LogP contribution in [0.2, 0.25) is 0 Å². The van der Waals surface area contributed by atoms with Crippen LogP contribution in [0.1, 0.15) is 24.7 Å². The molecule has 0 bridgehead atoms. The topological polar surface area (TPSA) is 43.1 Å². The van der Waals surface area contributed by atoms with Crippen molar-refractivity contribution < 1.29 is 0 Å². The van der Waals surface area contributed by atoms with Gasteiger partial charge in [0.1, 0.15) is 0 Å². The van der Waals surface area contributed by atoms with Crippen LogP contribution in [-0.4, -0.2) is 26.3 Å². The molecule has 0 atom stereocenters. The highest BCUT2D eigenvalue weighted by atomic mass is 32.2. The Morgan fingerprint density at radius 3 is 2.89 bits per heavy atom. The number of hydrogen-bond acceptors (Lipinski definition) is 4. The van der Waals surface area contributed by atoms with E-state index in [1.54, 1.807) is 16.6 Å². The highest BCUT2D eigenvalue weighted by Gasteiger charge is 2.17. The Bertz CT molecular complexity index is 574. The van der Waals surface area contributed by atoms with Gasteiger partial charge in [-0.3, -0.25) is 0 Å². The van der Waals surface area contributed by atoms with E-state index < -0.39 is 0 Å². The molecular formula is C13H14N4S. The van der Waals surface area contributed by atoms with E-state index in [0.717, 1.165) is 40.9 Å². The van der Waals surface area contributed by atoms with Gasteiger partial charge >= 0.3 is 0 Å². The second kappa shape index (κ2) is 4.94. The quantitative estimate of drug-likeness (QED) is 0.850. The number of nitrogens with zero attached hydrogens (tertiary/aromatic N) is 4. The van der Waals surface area contributed by atoms with Gasteiger partial charge in [-0.25, -0.2) is 4.98 Å². The van der Waals surface area contributed by atoms with Crippen LogP contribution >= 0.6 is 11.8 Å². The van der Waals surface area contributed by atoms with Crippen molar-refractivity contribution in [2.75, 3.05) is 5.75 Å². The maximum Gasteiger partial charge on any atom is 0.211 e. The van der Waals surface area contributed by atoms with Gasteiger partial charge in [0.05, 0.1) is 5.71 Å². The summed E-state index contributed by atoms with van der Waals surface area (Å²) in [5.74, 6) is 1.74. The molecule has 4 nitrogen and oxygen atoms in total. The molecule has 18 heavy (non-hydrogen) atoms. The standard InChI is InChI=1S/C13H14N4S/c1-2-6-12-14-13-17(16-12)15-11(9-18-13)10-7-4-3-5-8-10/h3-5,7-8H,2,6,9H2,1H3. The first-order valence-electron chi connectivity index (χ1n) is 6.09. The Morgan fingerprint density at radius 2 is 2.11 bits per heavy atom. The Hall–Kier alpha value is -1.62. The average Bonchev–Trinajstić information content (AvgIpc) is 2.81. The number of aryl methyl sites for hydroxylation is 1. The molecule has 0 spiro atoms. The molecule has 0 radical (unpaired) electrons. The monoisotopic (exact) mass is 258 g/mol. The fourth-order valence-electron chi connectivity index (χ4n) is 1.86. The van der Waals surface area contributed by atoms with Gasteiger partial charge in [0.15, 0.2) is 5.82 Å². The summed E-state index contributed by atoms with van der Waals surface area (Å²) in [7, 11) is 0. The normalized spacial score (nSPS) is 14.2. The summed E-state index contributed by atoms with van der Waals surface area (Å²) in [6, 6.07) is 10.2. The fraction of sp³-hybridized carbons (Fsp3) is 0.308. The van der Waals surface area contributed by atoms with Crippen molar-refractivity contribution in [2.24, 2.45) is 5.10 Å². The Morgan fingerprint density at radius 1 is 1.28 bits per heavy atom. The lowest BCUT2D eigenvalue weighted by Gasteiger charge is -2.11. The first-order valence-corrected chi connectivity index (χ1v) is 7.07. The van der Waals surface area contributed by atoms with Crippen LogP contribution in [0.3, 0.4) is 0 Å². The lowest BCUT2D eigenvalue weighted by Crippen LogP contribution is -2.13. The summed E-state index contributed by atoms with van der Waals surface area (Å²) >= 11 is 1.70. The van der Waals surface area contributed by atoms with Crippen LogP contribution in [0, 0.1) is 0 Å². The van der Waals surface area contributed by atoms with E-state index in [1.807, 2.05) is 18.2 Å². The molecule has 1 aromatic heterocycles. The third kappa shape index (κ3) is 2.18. The Balaban J connectivity index is 1.93. The molecule has 92 valence electrons. The maximum atomic E-state index is 4.56. The summed E-state index contributed by atoms with van der Waals surface area (Å²) in [5, 5.41) is 9.87. The lowest BCUT2D eigenvalue weighted by molar-refractivity contribution is 0.651. The van der Waals surface area contributed by atoms with E-state index in [2.05, 4.69) is 34.2 Å². The summed E-state index contributed by atoms with van der Waals surface area (Å²) in [6.45, 7) is 2.13. The molecule has 0 aliphatic carbocycles. The number of rotatable bonds is 3. The average molecular weight is 258 g/mol. The van der Waals surface area contributed by atoms with Crippen molar-refractivity contribution in [3.8, 4) is 0 Å². The third-order valence-corrected chi connectivity index (χ3v) is 3.67. The summed E-state index contributed by atoms with van der Waals surface area (Å²) in [5.41, 5.74) is 2.21. The summed E-state index contributed by atoms with van der Waals surface area (Å²) < 4.78 is 0. The number of aromatic nitrogens is 3. The van der Waals surface area contributed by atoms with Crippen LogP contribution in [0.4, 0.5) is 0 Å². The van der Waals surface area contributed by atoms with Crippen molar-refractivity contribution in [3.63, 3.8) is 0 Å². The van der Waals surface area contributed by atoms with E-state index in [0.29, 0.717) is 0 Å². The molecule has 0 saturated carbocycles. The predicted molar refractivity (Wildman–Crippen MR) is 73.1 cm³/mol. The molecule has 0 unspecified atom stereocenters. The second-order valence-corrected chi connectivity index (χ2v) is 5.09. The highest BCUT2D eigenvalue weighted by molar-refractivity contribution is 7.99. The number of fused-ring (bicyclic) bond motifs is 1. The summed E-state index contributed by atoms with van der Waals surface area (Å²) in [6.07, 6.45) is 1.97. The van der Waals surface area contributed by atoms with Crippen molar-refractivity contribution in [3.05, 3.63) is 41.7 Å². The first kappa shape index (κ1) is 11.5. The zero-order valence-electron chi connectivity index (χ0n) is 10.2. The molecule has 0 amide bonds.